The molecule has 0 spiro atoms. The number of benzene rings is 1. The van der Waals surface area contributed by atoms with Crippen LogP contribution in [-0.2, 0) is 0 Å². The summed E-state index contributed by atoms with van der Waals surface area (Å²) < 4.78 is 5.00. The molecule has 0 amide bonds. The quantitative estimate of drug-likeness (QED) is 0.627. The van der Waals surface area contributed by atoms with E-state index in [0.717, 1.165) is 0 Å². The molecule has 3 nitrogen and oxygen atoms in total. The lowest BCUT2D eigenvalue weighted by Crippen LogP contribution is -2.00. The van der Waals surface area contributed by atoms with E-state index < -0.39 is 0 Å². The first-order valence-corrected chi connectivity index (χ1v) is 4.69. The minimum atomic E-state index is -0.205. The van der Waals surface area contributed by atoms with E-state index in [2.05, 4.69) is 0 Å². The summed E-state index contributed by atoms with van der Waals surface area (Å²) in [7, 11) is 0. The predicted molar refractivity (Wildman–Crippen MR) is 58.0 cm³/mol. The van der Waals surface area contributed by atoms with Crippen molar-refractivity contribution in [3.63, 3.8) is 0 Å². The number of anilines is 1. The van der Waals surface area contributed by atoms with Crippen LogP contribution in [0.4, 0.5) is 5.69 Å². The fraction of sp³-hybridized carbons (Fsp3) is 0. The van der Waals surface area contributed by atoms with Crippen LogP contribution < -0.4 is 5.73 Å². The van der Waals surface area contributed by atoms with Gasteiger partial charge in [-0.2, -0.15) is 0 Å². The number of furan rings is 1. The van der Waals surface area contributed by atoms with Gasteiger partial charge in [-0.1, -0.05) is 11.6 Å². The molecule has 2 rings (SSSR count). The third-order valence-electron chi connectivity index (χ3n) is 2.00. The van der Waals surface area contributed by atoms with E-state index in [0.29, 0.717) is 16.3 Å². The van der Waals surface area contributed by atoms with E-state index in [1.807, 2.05) is 0 Å². The molecule has 0 radical (unpaired) electrons. The smallest absolute Gasteiger partial charge is 0.228 e. The standard InChI is InChI=1S/C11H8ClNO2/c12-8-4-3-7(6-9(8)13)11(14)10-2-1-5-15-10/h1-6H,13H2. The van der Waals surface area contributed by atoms with Crippen LogP contribution in [0.1, 0.15) is 16.1 Å². The van der Waals surface area contributed by atoms with Crippen molar-refractivity contribution in [2.45, 2.75) is 0 Å². The minimum Gasteiger partial charge on any atom is -0.461 e. The molecule has 0 saturated heterocycles. The molecule has 4 heteroatoms. The van der Waals surface area contributed by atoms with Crippen molar-refractivity contribution < 1.29 is 9.21 Å². The van der Waals surface area contributed by atoms with Gasteiger partial charge >= 0.3 is 0 Å². The second-order valence-electron chi connectivity index (χ2n) is 3.04. The predicted octanol–water partition coefficient (Wildman–Crippen LogP) is 2.75. The number of nitrogen functional groups attached to an aromatic ring is 1. The summed E-state index contributed by atoms with van der Waals surface area (Å²) in [5.74, 6) is 0.0834. The Morgan fingerprint density at radius 1 is 1.33 bits per heavy atom. The second kappa shape index (κ2) is 3.79. The van der Waals surface area contributed by atoms with Gasteiger partial charge in [0.1, 0.15) is 0 Å². The number of nitrogens with two attached hydrogens (primary N) is 1. The average molecular weight is 222 g/mol. The Morgan fingerprint density at radius 2 is 2.13 bits per heavy atom. The van der Waals surface area contributed by atoms with E-state index in [1.165, 1.54) is 12.3 Å². The normalized spacial score (nSPS) is 10.2. The minimum absolute atomic E-state index is 0.205. The highest BCUT2D eigenvalue weighted by Crippen LogP contribution is 2.21. The third-order valence-corrected chi connectivity index (χ3v) is 2.35. The molecule has 0 fully saturated rings. The monoisotopic (exact) mass is 221 g/mol. The van der Waals surface area contributed by atoms with Gasteiger partial charge in [0.15, 0.2) is 5.76 Å². The van der Waals surface area contributed by atoms with E-state index in [9.17, 15) is 4.79 Å². The summed E-state index contributed by atoms with van der Waals surface area (Å²) >= 11 is 5.75. The molecule has 2 N–H and O–H groups in total. The second-order valence-corrected chi connectivity index (χ2v) is 3.45. The highest BCUT2D eigenvalue weighted by Gasteiger charge is 2.12. The van der Waals surface area contributed by atoms with Gasteiger partial charge in [-0.05, 0) is 30.3 Å². The first kappa shape index (κ1) is 9.80. The van der Waals surface area contributed by atoms with Crippen molar-refractivity contribution in [1.29, 1.82) is 0 Å². The van der Waals surface area contributed by atoms with E-state index >= 15 is 0 Å². The molecule has 2 aromatic rings. The fourth-order valence-electron chi connectivity index (χ4n) is 1.24. The van der Waals surface area contributed by atoms with Crippen molar-refractivity contribution >= 4 is 23.1 Å². The van der Waals surface area contributed by atoms with Crippen molar-refractivity contribution in [2.75, 3.05) is 5.73 Å². The zero-order valence-corrected chi connectivity index (χ0v) is 8.49. The van der Waals surface area contributed by atoms with Gasteiger partial charge in [0.05, 0.1) is 17.0 Å². The summed E-state index contributed by atoms with van der Waals surface area (Å²) in [5, 5.41) is 0.436. The first-order chi connectivity index (χ1) is 7.18. The van der Waals surface area contributed by atoms with Crippen LogP contribution in [0.2, 0.25) is 5.02 Å². The summed E-state index contributed by atoms with van der Waals surface area (Å²) in [4.78, 5) is 11.8. The lowest BCUT2D eigenvalue weighted by Gasteiger charge is -2.01. The van der Waals surface area contributed by atoms with Crippen LogP contribution in [0, 0.1) is 0 Å². The van der Waals surface area contributed by atoms with Crippen LogP contribution in [0.15, 0.2) is 41.0 Å². The number of rotatable bonds is 2. The van der Waals surface area contributed by atoms with Gasteiger partial charge in [-0.3, -0.25) is 4.79 Å². The van der Waals surface area contributed by atoms with Crippen LogP contribution in [0.3, 0.4) is 0 Å². The van der Waals surface area contributed by atoms with Crippen molar-refractivity contribution in [2.24, 2.45) is 0 Å². The molecule has 1 heterocycles. The molecule has 0 unspecified atom stereocenters. The molecule has 1 aromatic heterocycles. The molecule has 0 bridgehead atoms. The maximum absolute atomic E-state index is 11.8. The van der Waals surface area contributed by atoms with Crippen LogP contribution in [-0.4, -0.2) is 5.78 Å². The molecular weight excluding hydrogens is 214 g/mol. The van der Waals surface area contributed by atoms with Crippen LogP contribution >= 0.6 is 11.6 Å². The largest absolute Gasteiger partial charge is 0.461 e. The lowest BCUT2D eigenvalue weighted by molar-refractivity contribution is 0.101. The molecule has 1 aromatic carbocycles. The molecule has 0 aliphatic heterocycles. The Morgan fingerprint density at radius 3 is 2.73 bits per heavy atom. The number of hydrogen-bond donors (Lipinski definition) is 1. The summed E-state index contributed by atoms with van der Waals surface area (Å²) in [5.41, 5.74) is 6.45. The molecule has 76 valence electrons. The van der Waals surface area contributed by atoms with Gasteiger partial charge in [0.25, 0.3) is 0 Å². The summed E-state index contributed by atoms with van der Waals surface area (Å²) in [6, 6.07) is 8.00. The molecular formula is C11H8ClNO2. The Balaban J connectivity index is 2.39. The lowest BCUT2D eigenvalue weighted by atomic mass is 10.1. The average Bonchev–Trinajstić information content (AvgIpc) is 2.74. The highest BCUT2D eigenvalue weighted by atomic mass is 35.5. The zero-order valence-electron chi connectivity index (χ0n) is 7.74. The first-order valence-electron chi connectivity index (χ1n) is 4.31. The highest BCUT2D eigenvalue weighted by molar-refractivity contribution is 6.33. The molecule has 15 heavy (non-hydrogen) atoms. The van der Waals surface area contributed by atoms with E-state index in [1.54, 1.807) is 24.3 Å². The van der Waals surface area contributed by atoms with Gasteiger partial charge in [-0.25, -0.2) is 0 Å². The number of hydrogen-bond acceptors (Lipinski definition) is 3. The fourth-order valence-corrected chi connectivity index (χ4v) is 1.35. The zero-order chi connectivity index (χ0) is 10.8. The maximum atomic E-state index is 11.8. The molecule has 0 saturated carbocycles. The Hall–Kier alpha value is -1.74. The van der Waals surface area contributed by atoms with Crippen LogP contribution in [0.5, 0.6) is 0 Å². The molecule has 0 aliphatic rings. The topological polar surface area (TPSA) is 56.2 Å². The summed E-state index contributed by atoms with van der Waals surface area (Å²) in [6.45, 7) is 0. The van der Waals surface area contributed by atoms with Crippen LogP contribution in [0.25, 0.3) is 0 Å². The number of carbonyl (C=O) groups is 1. The van der Waals surface area contributed by atoms with Gasteiger partial charge in [0.2, 0.25) is 5.78 Å². The molecule has 0 aliphatic carbocycles. The van der Waals surface area contributed by atoms with Gasteiger partial charge in [0, 0.05) is 5.56 Å². The van der Waals surface area contributed by atoms with Gasteiger partial charge in [-0.15, -0.1) is 0 Å². The van der Waals surface area contributed by atoms with Crippen molar-refractivity contribution in [3.05, 3.63) is 52.9 Å². The molecule has 0 atom stereocenters. The Kier molecular flexibility index (Phi) is 2.47. The number of carbonyl (C=O) groups excluding carboxylic acids is 1. The third kappa shape index (κ3) is 1.87. The number of halogens is 1. The maximum Gasteiger partial charge on any atom is 0.228 e. The van der Waals surface area contributed by atoms with Crippen molar-refractivity contribution in [3.8, 4) is 0 Å². The van der Waals surface area contributed by atoms with Crippen molar-refractivity contribution in [1.82, 2.24) is 0 Å². The SMILES string of the molecule is Nc1cc(C(=O)c2ccco2)ccc1Cl. The summed E-state index contributed by atoms with van der Waals surface area (Å²) in [6.07, 6.45) is 1.45. The Labute approximate surface area is 91.5 Å². The Bertz CT molecular complexity index is 491. The van der Waals surface area contributed by atoms with E-state index in [4.69, 9.17) is 21.8 Å². The van der Waals surface area contributed by atoms with E-state index in [-0.39, 0.29) is 11.5 Å². The van der Waals surface area contributed by atoms with Gasteiger partial charge < -0.3 is 10.2 Å². The number of ketones is 1.